The number of aliphatic hydroxyl groups is 2. The minimum absolute atomic E-state index is 0.0666. The highest BCUT2D eigenvalue weighted by Crippen LogP contribution is 2.09. The molecule has 1 aromatic heterocycles. The van der Waals surface area contributed by atoms with Crippen LogP contribution in [0.25, 0.3) is 0 Å². The van der Waals surface area contributed by atoms with Crippen molar-refractivity contribution >= 4 is 11.7 Å². The van der Waals surface area contributed by atoms with Crippen molar-refractivity contribution in [2.24, 2.45) is 5.92 Å². The molecule has 7 nitrogen and oxygen atoms in total. The van der Waals surface area contributed by atoms with Crippen LogP contribution in [-0.4, -0.2) is 45.6 Å². The van der Waals surface area contributed by atoms with E-state index in [0.717, 1.165) is 0 Å². The summed E-state index contributed by atoms with van der Waals surface area (Å²) in [5, 5.41) is 27.7. The van der Waals surface area contributed by atoms with E-state index in [2.05, 4.69) is 15.5 Å². The van der Waals surface area contributed by atoms with E-state index < -0.39 is 6.10 Å². The maximum absolute atomic E-state index is 11.4. The molecule has 7 heteroatoms. The number of ether oxygens (including phenoxy) is 1. The zero-order valence-electron chi connectivity index (χ0n) is 10.3. The molecule has 1 atom stereocenters. The van der Waals surface area contributed by atoms with E-state index in [1.165, 1.54) is 6.07 Å². The van der Waals surface area contributed by atoms with Gasteiger partial charge in [0, 0.05) is 12.0 Å². The number of carbonyl (C=O) groups excluding carboxylic acids is 1. The summed E-state index contributed by atoms with van der Waals surface area (Å²) in [5.41, 5.74) is 0. The van der Waals surface area contributed by atoms with Gasteiger partial charge in [-0.3, -0.25) is 4.79 Å². The molecule has 18 heavy (non-hydrogen) atoms. The Morgan fingerprint density at radius 2 is 2.17 bits per heavy atom. The highest BCUT2D eigenvalue weighted by molar-refractivity contribution is 5.91. The Kier molecular flexibility index (Phi) is 5.47. The highest BCUT2D eigenvalue weighted by Gasteiger charge is 2.09. The lowest BCUT2D eigenvalue weighted by atomic mass is 10.2. The molecule has 0 aromatic carbocycles. The molecule has 1 aromatic rings. The third kappa shape index (κ3) is 4.64. The molecule has 0 bridgehead atoms. The third-order valence-electron chi connectivity index (χ3n) is 2.05. The second kappa shape index (κ2) is 6.87. The average molecular weight is 255 g/mol. The lowest BCUT2D eigenvalue weighted by molar-refractivity contribution is -0.118. The number of amides is 1. The molecule has 0 aliphatic rings. The zero-order valence-corrected chi connectivity index (χ0v) is 10.3. The molecule has 0 saturated heterocycles. The normalized spacial score (nSPS) is 12.3. The summed E-state index contributed by atoms with van der Waals surface area (Å²) in [6.45, 7) is 3.10. The molecule has 1 heterocycles. The summed E-state index contributed by atoms with van der Waals surface area (Å²) in [5.74, 6) is 0.268. The molecule has 0 saturated carbocycles. The first-order chi connectivity index (χ1) is 8.52. The summed E-state index contributed by atoms with van der Waals surface area (Å²) in [6.07, 6.45) is -0.952. The molecule has 0 aliphatic carbocycles. The van der Waals surface area contributed by atoms with Gasteiger partial charge in [-0.15, -0.1) is 10.2 Å². The first-order valence-electron chi connectivity index (χ1n) is 5.59. The van der Waals surface area contributed by atoms with E-state index >= 15 is 0 Å². The lowest BCUT2D eigenvalue weighted by Gasteiger charge is -2.09. The van der Waals surface area contributed by atoms with Gasteiger partial charge >= 0.3 is 0 Å². The summed E-state index contributed by atoms with van der Waals surface area (Å²) in [4.78, 5) is 11.4. The van der Waals surface area contributed by atoms with Gasteiger partial charge in [-0.25, -0.2) is 0 Å². The molecule has 0 fully saturated rings. The summed E-state index contributed by atoms with van der Waals surface area (Å²) in [6, 6.07) is 3.07. The summed E-state index contributed by atoms with van der Waals surface area (Å²) >= 11 is 0. The Labute approximate surface area is 105 Å². The Hall–Kier alpha value is -1.73. The minimum atomic E-state index is -0.952. The van der Waals surface area contributed by atoms with E-state index in [9.17, 15) is 4.79 Å². The number of aliphatic hydroxyl groups excluding tert-OH is 2. The van der Waals surface area contributed by atoms with Crippen LogP contribution < -0.4 is 10.1 Å². The van der Waals surface area contributed by atoms with Gasteiger partial charge in [0.15, 0.2) is 5.82 Å². The molecule has 0 unspecified atom stereocenters. The molecule has 100 valence electrons. The van der Waals surface area contributed by atoms with Gasteiger partial charge in [0.05, 0.1) is 6.61 Å². The monoisotopic (exact) mass is 255 g/mol. The molecule has 1 amide bonds. The van der Waals surface area contributed by atoms with E-state index in [4.69, 9.17) is 14.9 Å². The first kappa shape index (κ1) is 14.3. The molecular weight excluding hydrogens is 238 g/mol. The fourth-order valence-corrected chi connectivity index (χ4v) is 0.969. The number of aromatic nitrogens is 2. The standard InChI is InChI=1S/C11H17N3O4/c1-7(2)11(17)12-9-3-4-10(14-13-9)18-6-8(16)5-15/h3-4,7-8,15-16H,5-6H2,1-2H3,(H,12,13,17)/t8-/m0/s1. The Morgan fingerprint density at radius 1 is 1.44 bits per heavy atom. The second-order valence-electron chi connectivity index (χ2n) is 4.05. The Balaban J connectivity index is 2.50. The van der Waals surface area contributed by atoms with Crippen LogP contribution in [0.1, 0.15) is 13.8 Å². The fraction of sp³-hybridized carbons (Fsp3) is 0.545. The van der Waals surface area contributed by atoms with E-state index in [1.54, 1.807) is 19.9 Å². The van der Waals surface area contributed by atoms with Crippen molar-refractivity contribution in [2.75, 3.05) is 18.5 Å². The average Bonchev–Trinajstić information content (AvgIpc) is 2.37. The van der Waals surface area contributed by atoms with Crippen molar-refractivity contribution in [3.8, 4) is 5.88 Å². The number of hydrogen-bond donors (Lipinski definition) is 3. The molecule has 0 spiro atoms. The Bertz CT molecular complexity index is 380. The molecule has 1 rings (SSSR count). The lowest BCUT2D eigenvalue weighted by Crippen LogP contribution is -2.22. The van der Waals surface area contributed by atoms with Crippen molar-refractivity contribution in [1.29, 1.82) is 0 Å². The quantitative estimate of drug-likeness (QED) is 0.650. The SMILES string of the molecule is CC(C)C(=O)Nc1ccc(OC[C@@H](O)CO)nn1. The number of anilines is 1. The molecule has 0 aliphatic heterocycles. The van der Waals surface area contributed by atoms with Crippen LogP contribution in [0.15, 0.2) is 12.1 Å². The van der Waals surface area contributed by atoms with Crippen LogP contribution in [-0.2, 0) is 4.79 Å². The van der Waals surface area contributed by atoms with Gasteiger partial charge in [0.25, 0.3) is 0 Å². The smallest absolute Gasteiger partial charge is 0.233 e. The van der Waals surface area contributed by atoms with Crippen molar-refractivity contribution in [3.05, 3.63) is 12.1 Å². The summed E-state index contributed by atoms with van der Waals surface area (Å²) in [7, 11) is 0. The maximum Gasteiger partial charge on any atom is 0.233 e. The second-order valence-corrected chi connectivity index (χ2v) is 4.05. The van der Waals surface area contributed by atoms with E-state index in [1.807, 2.05) is 0 Å². The van der Waals surface area contributed by atoms with Crippen molar-refractivity contribution in [2.45, 2.75) is 20.0 Å². The minimum Gasteiger partial charge on any atom is -0.474 e. The predicted octanol–water partition coefficient (Wildman–Crippen LogP) is -0.197. The van der Waals surface area contributed by atoms with Crippen LogP contribution in [0, 0.1) is 5.92 Å². The predicted molar refractivity (Wildman–Crippen MR) is 64.1 cm³/mol. The van der Waals surface area contributed by atoms with Crippen molar-refractivity contribution < 1.29 is 19.7 Å². The van der Waals surface area contributed by atoms with Gasteiger partial charge < -0.3 is 20.3 Å². The van der Waals surface area contributed by atoms with Crippen LogP contribution >= 0.6 is 0 Å². The molecule has 0 radical (unpaired) electrons. The number of hydrogen-bond acceptors (Lipinski definition) is 6. The van der Waals surface area contributed by atoms with Crippen molar-refractivity contribution in [3.63, 3.8) is 0 Å². The first-order valence-corrected chi connectivity index (χ1v) is 5.59. The van der Waals surface area contributed by atoms with Gasteiger partial charge in [0.1, 0.15) is 12.7 Å². The largest absolute Gasteiger partial charge is 0.474 e. The van der Waals surface area contributed by atoms with Crippen LogP contribution in [0.5, 0.6) is 5.88 Å². The highest BCUT2D eigenvalue weighted by atomic mass is 16.5. The van der Waals surface area contributed by atoms with Gasteiger partial charge in [-0.05, 0) is 6.07 Å². The number of carbonyl (C=O) groups is 1. The van der Waals surface area contributed by atoms with Gasteiger partial charge in [-0.2, -0.15) is 0 Å². The molecular formula is C11H17N3O4. The van der Waals surface area contributed by atoms with Gasteiger partial charge in [-0.1, -0.05) is 13.8 Å². The van der Waals surface area contributed by atoms with Gasteiger partial charge in [0.2, 0.25) is 11.8 Å². The van der Waals surface area contributed by atoms with Crippen molar-refractivity contribution in [1.82, 2.24) is 10.2 Å². The number of nitrogens with zero attached hydrogens (tertiary/aromatic N) is 2. The van der Waals surface area contributed by atoms with Crippen LogP contribution in [0.4, 0.5) is 5.82 Å². The third-order valence-corrected chi connectivity index (χ3v) is 2.05. The maximum atomic E-state index is 11.4. The molecule has 3 N–H and O–H groups in total. The summed E-state index contributed by atoms with van der Waals surface area (Å²) < 4.78 is 5.07. The Morgan fingerprint density at radius 3 is 2.67 bits per heavy atom. The fourth-order valence-electron chi connectivity index (χ4n) is 0.969. The van der Waals surface area contributed by atoms with E-state index in [-0.39, 0.29) is 30.9 Å². The topological polar surface area (TPSA) is 105 Å². The van der Waals surface area contributed by atoms with Crippen LogP contribution in [0.2, 0.25) is 0 Å². The van der Waals surface area contributed by atoms with Crippen LogP contribution in [0.3, 0.4) is 0 Å². The van der Waals surface area contributed by atoms with E-state index in [0.29, 0.717) is 5.82 Å². The number of rotatable bonds is 6. The number of nitrogens with one attached hydrogen (secondary N) is 1. The zero-order chi connectivity index (χ0) is 13.5.